The maximum atomic E-state index is 12.9. The van der Waals surface area contributed by atoms with Crippen molar-refractivity contribution in [2.75, 3.05) is 13.1 Å². The van der Waals surface area contributed by atoms with Crippen molar-refractivity contribution < 1.29 is 4.79 Å². The zero-order valence-electron chi connectivity index (χ0n) is 12.9. The number of rotatable bonds is 3. The van der Waals surface area contributed by atoms with Gasteiger partial charge in [0.05, 0.1) is 10.9 Å². The molecule has 0 spiro atoms. The highest BCUT2D eigenvalue weighted by molar-refractivity contribution is 7.12. The molecule has 0 aromatic carbocycles. The van der Waals surface area contributed by atoms with Crippen LogP contribution in [0, 0.1) is 6.92 Å². The largest absolute Gasteiger partial charge is 0.336 e. The van der Waals surface area contributed by atoms with E-state index in [2.05, 4.69) is 21.0 Å². The van der Waals surface area contributed by atoms with Crippen molar-refractivity contribution in [2.45, 2.75) is 44.6 Å². The van der Waals surface area contributed by atoms with E-state index in [9.17, 15) is 4.79 Å². The van der Waals surface area contributed by atoms with Gasteiger partial charge in [-0.2, -0.15) is 0 Å². The Balaban J connectivity index is 1.53. The molecule has 1 aliphatic carbocycles. The van der Waals surface area contributed by atoms with Gasteiger partial charge in [0.2, 0.25) is 0 Å². The number of carbonyl (C=O) groups excluding carboxylic acids is 1. The topological polar surface area (TPSA) is 38.1 Å². The highest BCUT2D eigenvalue weighted by atomic mass is 32.1. The summed E-state index contributed by atoms with van der Waals surface area (Å²) < 4.78 is 2.22. The van der Waals surface area contributed by atoms with Crippen molar-refractivity contribution in [1.29, 1.82) is 0 Å². The summed E-state index contributed by atoms with van der Waals surface area (Å²) in [6.07, 6.45) is 8.57. The van der Waals surface area contributed by atoms with Gasteiger partial charge in [-0.3, -0.25) is 4.79 Å². The van der Waals surface area contributed by atoms with Crippen molar-refractivity contribution in [3.63, 3.8) is 0 Å². The lowest BCUT2D eigenvalue weighted by molar-refractivity contribution is 0.0682. The smallest absolute Gasteiger partial charge is 0.264 e. The zero-order valence-corrected chi connectivity index (χ0v) is 13.7. The van der Waals surface area contributed by atoms with E-state index >= 15 is 0 Å². The number of hydrogen-bond acceptors (Lipinski definition) is 3. The summed E-state index contributed by atoms with van der Waals surface area (Å²) in [5.41, 5.74) is 1.29. The van der Waals surface area contributed by atoms with Gasteiger partial charge in [-0.25, -0.2) is 4.98 Å². The number of aryl methyl sites for hydroxylation is 1. The van der Waals surface area contributed by atoms with Gasteiger partial charge in [0.25, 0.3) is 5.91 Å². The van der Waals surface area contributed by atoms with Crippen LogP contribution in [0.2, 0.25) is 0 Å². The quantitative estimate of drug-likeness (QED) is 0.868. The first kappa shape index (κ1) is 14.0. The van der Waals surface area contributed by atoms with E-state index in [-0.39, 0.29) is 5.91 Å². The molecule has 2 aromatic rings. The van der Waals surface area contributed by atoms with Crippen LogP contribution in [-0.4, -0.2) is 33.4 Å². The summed E-state index contributed by atoms with van der Waals surface area (Å²) >= 11 is 1.61. The lowest BCUT2D eigenvalue weighted by Crippen LogP contribution is -2.40. The summed E-state index contributed by atoms with van der Waals surface area (Å²) in [4.78, 5) is 20.3. The Labute approximate surface area is 134 Å². The lowest BCUT2D eigenvalue weighted by atomic mass is 10.0. The molecule has 3 heterocycles. The Morgan fingerprint density at radius 2 is 2.23 bits per heavy atom. The predicted octanol–water partition coefficient (Wildman–Crippen LogP) is 3.61. The first-order valence-electron chi connectivity index (χ1n) is 8.10. The Morgan fingerprint density at radius 3 is 2.95 bits per heavy atom. The van der Waals surface area contributed by atoms with E-state index in [1.165, 1.54) is 18.4 Å². The number of imidazole rings is 1. The highest BCUT2D eigenvalue weighted by Crippen LogP contribution is 2.43. The predicted molar refractivity (Wildman–Crippen MR) is 87.4 cm³/mol. The SMILES string of the molecule is Cc1nccn1[C@H]1CCCN(C(=O)c2sccc2C2CC2)C1. The van der Waals surface area contributed by atoms with Crippen LogP contribution in [0.3, 0.4) is 0 Å². The second-order valence-corrected chi connectivity index (χ2v) is 7.32. The molecule has 0 unspecified atom stereocenters. The van der Waals surface area contributed by atoms with Crippen molar-refractivity contribution in [3.05, 3.63) is 40.1 Å². The molecule has 4 rings (SSSR count). The van der Waals surface area contributed by atoms with Crippen LogP contribution >= 0.6 is 11.3 Å². The van der Waals surface area contributed by atoms with E-state index in [4.69, 9.17) is 0 Å². The molecule has 22 heavy (non-hydrogen) atoms. The van der Waals surface area contributed by atoms with Gasteiger partial charge in [0.15, 0.2) is 0 Å². The second kappa shape index (κ2) is 5.54. The summed E-state index contributed by atoms with van der Waals surface area (Å²) in [6.45, 7) is 3.72. The van der Waals surface area contributed by atoms with E-state index in [0.29, 0.717) is 12.0 Å². The molecular formula is C17H21N3OS. The fraction of sp³-hybridized carbons (Fsp3) is 0.529. The minimum absolute atomic E-state index is 0.236. The van der Waals surface area contributed by atoms with E-state index in [1.54, 1.807) is 11.3 Å². The fourth-order valence-corrected chi connectivity index (χ4v) is 4.44. The van der Waals surface area contributed by atoms with Gasteiger partial charge < -0.3 is 9.47 Å². The van der Waals surface area contributed by atoms with Gasteiger partial charge in [-0.05, 0) is 55.5 Å². The minimum Gasteiger partial charge on any atom is -0.336 e. The summed E-state index contributed by atoms with van der Waals surface area (Å²) in [5, 5.41) is 2.07. The Bertz CT molecular complexity index is 686. The average molecular weight is 315 g/mol. The molecule has 0 N–H and O–H groups in total. The second-order valence-electron chi connectivity index (χ2n) is 6.41. The van der Waals surface area contributed by atoms with E-state index < -0.39 is 0 Å². The molecule has 1 aliphatic heterocycles. The number of thiophene rings is 1. The number of piperidine rings is 1. The third-order valence-corrected chi connectivity index (χ3v) is 5.76. The number of aromatic nitrogens is 2. The average Bonchev–Trinajstić information content (AvgIpc) is 3.10. The first-order chi connectivity index (χ1) is 10.7. The van der Waals surface area contributed by atoms with Crippen LogP contribution in [0.25, 0.3) is 0 Å². The fourth-order valence-electron chi connectivity index (χ4n) is 3.49. The summed E-state index contributed by atoms with van der Waals surface area (Å²) in [5.74, 6) is 1.91. The van der Waals surface area contributed by atoms with Crippen LogP contribution in [0.15, 0.2) is 23.8 Å². The van der Waals surface area contributed by atoms with Crippen LogP contribution in [0.1, 0.15) is 58.7 Å². The summed E-state index contributed by atoms with van der Waals surface area (Å²) in [6, 6.07) is 2.52. The first-order valence-corrected chi connectivity index (χ1v) is 8.98. The minimum atomic E-state index is 0.236. The number of carbonyl (C=O) groups is 1. The molecule has 5 heteroatoms. The molecule has 1 amide bonds. The molecule has 2 aliphatic rings. The molecule has 0 radical (unpaired) electrons. The van der Waals surface area contributed by atoms with Gasteiger partial charge in [-0.15, -0.1) is 11.3 Å². The molecule has 1 atom stereocenters. The maximum absolute atomic E-state index is 12.9. The van der Waals surface area contributed by atoms with Gasteiger partial charge in [-0.1, -0.05) is 0 Å². The Morgan fingerprint density at radius 1 is 1.36 bits per heavy atom. The molecule has 116 valence electrons. The Kier molecular flexibility index (Phi) is 3.53. The third-order valence-electron chi connectivity index (χ3n) is 4.85. The Hall–Kier alpha value is -1.62. The van der Waals surface area contributed by atoms with Gasteiger partial charge in [0.1, 0.15) is 5.82 Å². The van der Waals surface area contributed by atoms with Crippen molar-refractivity contribution in [3.8, 4) is 0 Å². The zero-order chi connectivity index (χ0) is 15.1. The standard InChI is InChI=1S/C17H21N3OS/c1-12-18-7-9-20(12)14-3-2-8-19(11-14)17(21)16-15(6-10-22-16)13-4-5-13/h6-7,9-10,13-14H,2-5,8,11H2,1H3/t14-/m0/s1. The molecule has 0 bridgehead atoms. The molecular weight excluding hydrogens is 294 g/mol. The van der Waals surface area contributed by atoms with Crippen LogP contribution in [0.4, 0.5) is 0 Å². The number of nitrogens with zero attached hydrogens (tertiary/aromatic N) is 3. The number of hydrogen-bond donors (Lipinski definition) is 0. The van der Waals surface area contributed by atoms with Crippen molar-refractivity contribution in [1.82, 2.24) is 14.5 Å². The van der Waals surface area contributed by atoms with Crippen LogP contribution < -0.4 is 0 Å². The lowest BCUT2D eigenvalue weighted by Gasteiger charge is -2.34. The normalized spacial score (nSPS) is 22.0. The summed E-state index contributed by atoms with van der Waals surface area (Å²) in [7, 11) is 0. The monoisotopic (exact) mass is 315 g/mol. The third kappa shape index (κ3) is 2.47. The van der Waals surface area contributed by atoms with Crippen molar-refractivity contribution in [2.24, 2.45) is 0 Å². The van der Waals surface area contributed by atoms with Gasteiger partial charge >= 0.3 is 0 Å². The van der Waals surface area contributed by atoms with Gasteiger partial charge in [0, 0.05) is 25.5 Å². The molecule has 1 saturated carbocycles. The highest BCUT2D eigenvalue weighted by Gasteiger charge is 2.32. The van der Waals surface area contributed by atoms with E-state index in [0.717, 1.165) is 36.6 Å². The van der Waals surface area contributed by atoms with Crippen LogP contribution in [0.5, 0.6) is 0 Å². The molecule has 2 fully saturated rings. The van der Waals surface area contributed by atoms with Crippen LogP contribution in [-0.2, 0) is 0 Å². The molecule has 1 saturated heterocycles. The molecule has 2 aromatic heterocycles. The number of amides is 1. The maximum Gasteiger partial charge on any atom is 0.264 e. The molecule has 4 nitrogen and oxygen atoms in total. The van der Waals surface area contributed by atoms with E-state index in [1.807, 2.05) is 24.2 Å². The number of likely N-dealkylation sites (tertiary alicyclic amines) is 1. The van der Waals surface area contributed by atoms with Crippen molar-refractivity contribution >= 4 is 17.2 Å².